The molecular formula is C16H22N6O4. The second-order valence-corrected chi connectivity index (χ2v) is 5.71. The highest BCUT2D eigenvalue weighted by Crippen LogP contribution is 2.35. The van der Waals surface area contributed by atoms with E-state index in [0.717, 1.165) is 0 Å². The van der Waals surface area contributed by atoms with Crippen LogP contribution in [0.1, 0.15) is 6.23 Å². The van der Waals surface area contributed by atoms with Gasteiger partial charge < -0.3 is 30.8 Å². The number of hydrogen-bond donors (Lipinski definition) is 3. The summed E-state index contributed by atoms with van der Waals surface area (Å²) in [6.45, 7) is 7.64. The highest BCUT2D eigenvalue weighted by Gasteiger charge is 2.47. The van der Waals surface area contributed by atoms with E-state index in [2.05, 4.69) is 28.1 Å². The van der Waals surface area contributed by atoms with Gasteiger partial charge in [-0.3, -0.25) is 4.57 Å². The molecule has 1 fully saturated rings. The smallest absolute Gasteiger partial charge is 0.224 e. The van der Waals surface area contributed by atoms with E-state index in [-0.39, 0.29) is 31.6 Å². The fourth-order valence-corrected chi connectivity index (χ4v) is 2.96. The number of ether oxygens (including phenoxy) is 3. The zero-order valence-electron chi connectivity index (χ0n) is 14.2. The number of aromatic nitrogens is 4. The minimum absolute atomic E-state index is 0.0245. The van der Waals surface area contributed by atoms with Crippen LogP contribution >= 0.6 is 0 Å². The number of aliphatic hydroxyl groups is 1. The first-order valence-corrected chi connectivity index (χ1v) is 8.07. The van der Waals surface area contributed by atoms with E-state index in [9.17, 15) is 5.11 Å². The third-order valence-corrected chi connectivity index (χ3v) is 4.02. The summed E-state index contributed by atoms with van der Waals surface area (Å²) in [5.41, 5.74) is 12.4. The lowest BCUT2D eigenvalue weighted by Gasteiger charge is -2.24. The van der Waals surface area contributed by atoms with Gasteiger partial charge in [0.2, 0.25) is 5.95 Å². The second kappa shape index (κ2) is 7.79. The van der Waals surface area contributed by atoms with Gasteiger partial charge >= 0.3 is 0 Å². The molecule has 3 rings (SSSR count). The minimum Gasteiger partial charge on any atom is -0.394 e. The third-order valence-electron chi connectivity index (χ3n) is 4.02. The van der Waals surface area contributed by atoms with Crippen LogP contribution in [0.5, 0.6) is 0 Å². The van der Waals surface area contributed by atoms with E-state index < -0.39 is 24.5 Å². The molecule has 3 heterocycles. The normalized spacial score (nSPS) is 25.6. The number of nitrogens with zero attached hydrogens (tertiary/aromatic N) is 4. The molecule has 0 aromatic carbocycles. The maximum atomic E-state index is 9.70. The number of anilines is 2. The summed E-state index contributed by atoms with van der Waals surface area (Å²) in [6.07, 6.45) is 2.46. The van der Waals surface area contributed by atoms with Crippen molar-refractivity contribution in [2.45, 2.75) is 24.5 Å². The fourth-order valence-electron chi connectivity index (χ4n) is 2.96. The van der Waals surface area contributed by atoms with E-state index in [0.29, 0.717) is 11.2 Å². The predicted octanol–water partition coefficient (Wildman–Crippen LogP) is 0.0228. The lowest BCUT2D eigenvalue weighted by atomic mass is 10.1. The van der Waals surface area contributed by atoms with Crippen LogP contribution in [-0.4, -0.2) is 62.8 Å². The van der Waals surface area contributed by atoms with Crippen LogP contribution in [0.25, 0.3) is 11.2 Å². The summed E-state index contributed by atoms with van der Waals surface area (Å²) in [6, 6.07) is 0. The van der Waals surface area contributed by atoms with E-state index >= 15 is 0 Å². The summed E-state index contributed by atoms with van der Waals surface area (Å²) < 4.78 is 19.3. The molecule has 10 heteroatoms. The topological polar surface area (TPSA) is 144 Å². The third kappa shape index (κ3) is 3.27. The Kier molecular flexibility index (Phi) is 5.47. The Morgan fingerprint density at radius 3 is 2.54 bits per heavy atom. The van der Waals surface area contributed by atoms with Crippen LogP contribution in [0.15, 0.2) is 31.6 Å². The standard InChI is InChI=1S/C16H22N6O4/c1-3-5-24-11-9(7-23)26-15(12(11)25-6-4-2)22-8-19-10-13(17)20-16(18)21-14(10)22/h3-4,8-9,11-12,15,23H,1-2,5-7H2,(H4,17,18,20,21)/t9-,11-,12-,15-/m1/s1. The molecule has 0 unspecified atom stereocenters. The highest BCUT2D eigenvalue weighted by molar-refractivity contribution is 5.82. The number of imidazole rings is 1. The predicted molar refractivity (Wildman–Crippen MR) is 95.0 cm³/mol. The average molecular weight is 362 g/mol. The van der Waals surface area contributed by atoms with Crippen LogP contribution in [0, 0.1) is 0 Å². The summed E-state index contributed by atoms with van der Waals surface area (Å²) in [5, 5.41) is 9.70. The largest absolute Gasteiger partial charge is 0.394 e. The van der Waals surface area contributed by atoms with Gasteiger partial charge in [0, 0.05) is 0 Å². The Hall–Kier alpha value is -2.53. The van der Waals surface area contributed by atoms with Gasteiger partial charge in [-0.2, -0.15) is 9.97 Å². The average Bonchev–Trinajstić information content (AvgIpc) is 3.18. The van der Waals surface area contributed by atoms with Crippen molar-refractivity contribution in [3.05, 3.63) is 31.6 Å². The van der Waals surface area contributed by atoms with E-state index in [1.54, 1.807) is 16.7 Å². The molecule has 1 aliphatic rings. The number of aliphatic hydroxyl groups excluding tert-OH is 1. The Morgan fingerprint density at radius 2 is 1.88 bits per heavy atom. The summed E-state index contributed by atoms with van der Waals surface area (Å²) in [5.74, 6) is 0.197. The second-order valence-electron chi connectivity index (χ2n) is 5.71. The molecule has 1 saturated heterocycles. The van der Waals surface area contributed by atoms with Crippen molar-refractivity contribution < 1.29 is 19.3 Å². The molecule has 1 aliphatic heterocycles. The van der Waals surface area contributed by atoms with Crippen molar-refractivity contribution in [3.8, 4) is 0 Å². The lowest BCUT2D eigenvalue weighted by molar-refractivity contribution is -0.0667. The molecule has 0 spiro atoms. The first-order valence-electron chi connectivity index (χ1n) is 8.07. The van der Waals surface area contributed by atoms with Gasteiger partial charge in [-0.1, -0.05) is 12.2 Å². The quantitative estimate of drug-likeness (QED) is 0.554. The minimum atomic E-state index is -0.652. The SMILES string of the molecule is C=CCO[C@@H]1[C@H](OCC=C)[C@@H](CO)O[C@H]1n1cnc2c(N)nc(N)nc21. The van der Waals surface area contributed by atoms with Gasteiger partial charge in [-0.15, -0.1) is 13.2 Å². The van der Waals surface area contributed by atoms with Crippen LogP contribution < -0.4 is 11.5 Å². The van der Waals surface area contributed by atoms with Gasteiger partial charge in [0.05, 0.1) is 26.1 Å². The maximum Gasteiger partial charge on any atom is 0.224 e. The molecule has 10 nitrogen and oxygen atoms in total. The van der Waals surface area contributed by atoms with Crippen molar-refractivity contribution in [2.24, 2.45) is 0 Å². The Balaban J connectivity index is 2.01. The molecular weight excluding hydrogens is 340 g/mol. The monoisotopic (exact) mass is 362 g/mol. The van der Waals surface area contributed by atoms with Crippen LogP contribution in [0.2, 0.25) is 0 Å². The molecule has 140 valence electrons. The molecule has 0 amide bonds. The van der Waals surface area contributed by atoms with E-state index in [1.165, 1.54) is 6.33 Å². The van der Waals surface area contributed by atoms with E-state index in [1.807, 2.05) is 0 Å². The van der Waals surface area contributed by atoms with Gasteiger partial charge in [0.1, 0.15) is 23.8 Å². The molecule has 4 atom stereocenters. The van der Waals surface area contributed by atoms with Crippen molar-refractivity contribution in [1.82, 2.24) is 19.5 Å². The Labute approximate surface area is 150 Å². The number of rotatable bonds is 8. The molecule has 26 heavy (non-hydrogen) atoms. The van der Waals surface area contributed by atoms with Crippen molar-refractivity contribution in [2.75, 3.05) is 31.3 Å². The molecule has 2 aromatic heterocycles. The zero-order chi connectivity index (χ0) is 18.7. The molecule has 0 saturated carbocycles. The number of nitrogens with two attached hydrogens (primary N) is 2. The number of hydrogen-bond acceptors (Lipinski definition) is 9. The molecule has 0 radical (unpaired) electrons. The Bertz CT molecular complexity index is 794. The highest BCUT2D eigenvalue weighted by atomic mass is 16.6. The van der Waals surface area contributed by atoms with Crippen LogP contribution in [-0.2, 0) is 14.2 Å². The van der Waals surface area contributed by atoms with Crippen LogP contribution in [0.3, 0.4) is 0 Å². The van der Waals surface area contributed by atoms with Gasteiger partial charge in [0.15, 0.2) is 17.7 Å². The van der Waals surface area contributed by atoms with Crippen molar-refractivity contribution >= 4 is 22.9 Å². The van der Waals surface area contributed by atoms with Crippen molar-refractivity contribution in [1.29, 1.82) is 0 Å². The fraction of sp³-hybridized carbons (Fsp3) is 0.438. The number of nitrogen functional groups attached to an aromatic ring is 2. The van der Waals surface area contributed by atoms with Gasteiger partial charge in [-0.25, -0.2) is 4.98 Å². The maximum absolute atomic E-state index is 9.70. The molecule has 5 N–H and O–H groups in total. The summed E-state index contributed by atoms with van der Waals surface area (Å²) >= 11 is 0. The van der Waals surface area contributed by atoms with E-state index in [4.69, 9.17) is 25.7 Å². The van der Waals surface area contributed by atoms with Crippen LogP contribution in [0.4, 0.5) is 11.8 Å². The Morgan fingerprint density at radius 1 is 1.19 bits per heavy atom. The van der Waals surface area contributed by atoms with Crippen molar-refractivity contribution in [3.63, 3.8) is 0 Å². The first-order chi connectivity index (χ1) is 12.6. The number of fused-ring (bicyclic) bond motifs is 1. The zero-order valence-corrected chi connectivity index (χ0v) is 14.2. The lowest BCUT2D eigenvalue weighted by Crippen LogP contribution is -2.38. The summed E-state index contributed by atoms with van der Waals surface area (Å²) in [4.78, 5) is 12.3. The molecule has 2 aromatic rings. The van der Waals surface area contributed by atoms with Gasteiger partial charge in [0.25, 0.3) is 0 Å². The first kappa shape index (κ1) is 18.3. The molecule has 0 aliphatic carbocycles. The molecule has 0 bridgehead atoms. The summed E-state index contributed by atoms with van der Waals surface area (Å²) in [7, 11) is 0. The van der Waals surface area contributed by atoms with Gasteiger partial charge in [-0.05, 0) is 0 Å².